The maximum atomic E-state index is 5.41. The Morgan fingerprint density at radius 3 is 2.92 bits per heavy atom. The van der Waals surface area contributed by atoms with Crippen molar-refractivity contribution in [2.45, 2.75) is 12.8 Å². The molecule has 3 N–H and O–H groups in total. The molecule has 2 heterocycles. The molecule has 0 bridgehead atoms. The zero-order valence-corrected chi connectivity index (χ0v) is 14.7. The van der Waals surface area contributed by atoms with Gasteiger partial charge in [-0.2, -0.15) is 5.10 Å². The molecule has 0 aliphatic carbocycles. The number of hydrogen-bond donors (Lipinski definition) is 3. The summed E-state index contributed by atoms with van der Waals surface area (Å²) < 4.78 is 15.6. The zero-order valence-electron chi connectivity index (χ0n) is 14.7. The number of nitrogens with one attached hydrogen (secondary N) is 3. The van der Waals surface area contributed by atoms with Crippen LogP contribution in [-0.4, -0.2) is 68.2 Å². The summed E-state index contributed by atoms with van der Waals surface area (Å²) in [6, 6.07) is 3.64. The van der Waals surface area contributed by atoms with Crippen molar-refractivity contribution in [2.24, 2.45) is 4.99 Å². The summed E-state index contributed by atoms with van der Waals surface area (Å²) >= 11 is 0. The van der Waals surface area contributed by atoms with Gasteiger partial charge in [-0.1, -0.05) is 0 Å². The zero-order chi connectivity index (χ0) is 17.7. The molecule has 0 saturated heterocycles. The van der Waals surface area contributed by atoms with Crippen molar-refractivity contribution in [2.75, 3.05) is 47.1 Å². The van der Waals surface area contributed by atoms with E-state index in [1.165, 1.54) is 0 Å². The van der Waals surface area contributed by atoms with Gasteiger partial charge < -0.3 is 24.5 Å². The van der Waals surface area contributed by atoms with E-state index in [1.807, 2.05) is 12.1 Å². The number of rotatable bonds is 11. The van der Waals surface area contributed by atoms with E-state index in [0.717, 1.165) is 24.7 Å². The SMILES string of the molecule is CN=C(NCCCOCCOC)NCCc1nc(-c2ccco2)n[nH]1. The number of guanidine groups is 1. The number of ether oxygens (including phenoxy) is 2. The number of H-pyrrole nitrogens is 1. The van der Waals surface area contributed by atoms with E-state index in [0.29, 0.717) is 44.4 Å². The van der Waals surface area contributed by atoms with Crippen LogP contribution >= 0.6 is 0 Å². The Morgan fingerprint density at radius 2 is 2.16 bits per heavy atom. The summed E-state index contributed by atoms with van der Waals surface area (Å²) in [7, 11) is 3.41. The monoisotopic (exact) mass is 350 g/mol. The summed E-state index contributed by atoms with van der Waals surface area (Å²) in [6.07, 6.45) is 3.21. The van der Waals surface area contributed by atoms with Crippen molar-refractivity contribution in [3.8, 4) is 11.6 Å². The van der Waals surface area contributed by atoms with Crippen molar-refractivity contribution >= 4 is 5.96 Å². The first-order valence-electron chi connectivity index (χ1n) is 8.30. The van der Waals surface area contributed by atoms with Gasteiger partial charge in [0.25, 0.3) is 0 Å². The second-order valence-electron chi connectivity index (χ2n) is 5.22. The number of hydrogen-bond acceptors (Lipinski definition) is 6. The first-order chi connectivity index (χ1) is 12.3. The molecule has 0 atom stereocenters. The minimum atomic E-state index is 0.566. The van der Waals surface area contributed by atoms with E-state index in [2.05, 4.69) is 30.8 Å². The molecule has 2 rings (SSSR count). The topological polar surface area (TPSA) is 110 Å². The van der Waals surface area contributed by atoms with Crippen LogP contribution < -0.4 is 10.6 Å². The van der Waals surface area contributed by atoms with E-state index in [-0.39, 0.29) is 0 Å². The highest BCUT2D eigenvalue weighted by molar-refractivity contribution is 5.79. The smallest absolute Gasteiger partial charge is 0.216 e. The summed E-state index contributed by atoms with van der Waals surface area (Å²) in [5.74, 6) is 2.76. The van der Waals surface area contributed by atoms with Gasteiger partial charge in [-0.3, -0.25) is 10.1 Å². The lowest BCUT2D eigenvalue weighted by Crippen LogP contribution is -2.39. The van der Waals surface area contributed by atoms with Crippen LogP contribution in [0.15, 0.2) is 27.8 Å². The van der Waals surface area contributed by atoms with Crippen molar-refractivity contribution < 1.29 is 13.9 Å². The molecule has 0 radical (unpaired) electrons. The predicted molar refractivity (Wildman–Crippen MR) is 94.5 cm³/mol. The number of furan rings is 1. The van der Waals surface area contributed by atoms with E-state index >= 15 is 0 Å². The van der Waals surface area contributed by atoms with E-state index < -0.39 is 0 Å². The molecule has 0 amide bonds. The highest BCUT2D eigenvalue weighted by Gasteiger charge is 2.08. The van der Waals surface area contributed by atoms with Crippen LogP contribution in [0, 0.1) is 0 Å². The van der Waals surface area contributed by atoms with Crippen molar-refractivity contribution in [1.82, 2.24) is 25.8 Å². The number of nitrogens with zero attached hydrogens (tertiary/aromatic N) is 3. The maximum Gasteiger partial charge on any atom is 0.216 e. The average molecular weight is 350 g/mol. The number of methoxy groups -OCH3 is 1. The largest absolute Gasteiger partial charge is 0.461 e. The van der Waals surface area contributed by atoms with Gasteiger partial charge in [0, 0.05) is 40.3 Å². The van der Waals surface area contributed by atoms with Gasteiger partial charge in [0.1, 0.15) is 5.82 Å². The Bertz CT molecular complexity index is 611. The third-order valence-corrected chi connectivity index (χ3v) is 3.34. The van der Waals surface area contributed by atoms with E-state index in [9.17, 15) is 0 Å². The Hall–Kier alpha value is -2.39. The Balaban J connectivity index is 1.59. The molecule has 2 aromatic rings. The highest BCUT2D eigenvalue weighted by Crippen LogP contribution is 2.14. The molecule has 0 aromatic carbocycles. The van der Waals surface area contributed by atoms with Gasteiger partial charge in [-0.15, -0.1) is 0 Å². The van der Waals surface area contributed by atoms with Crippen LogP contribution in [0.1, 0.15) is 12.2 Å². The molecule has 2 aromatic heterocycles. The molecule has 0 saturated carbocycles. The summed E-state index contributed by atoms with van der Waals surface area (Å²) in [4.78, 5) is 8.58. The van der Waals surface area contributed by atoms with Gasteiger partial charge in [-0.05, 0) is 18.6 Å². The Morgan fingerprint density at radius 1 is 1.28 bits per heavy atom. The van der Waals surface area contributed by atoms with Gasteiger partial charge in [0.15, 0.2) is 11.7 Å². The first kappa shape index (κ1) is 18.9. The molecule has 0 unspecified atom stereocenters. The van der Waals surface area contributed by atoms with Crippen LogP contribution in [0.4, 0.5) is 0 Å². The van der Waals surface area contributed by atoms with Gasteiger partial charge >= 0.3 is 0 Å². The van der Waals surface area contributed by atoms with Crippen molar-refractivity contribution in [1.29, 1.82) is 0 Å². The quantitative estimate of drug-likeness (QED) is 0.313. The van der Waals surface area contributed by atoms with Gasteiger partial charge in [-0.25, -0.2) is 4.98 Å². The van der Waals surface area contributed by atoms with E-state index in [4.69, 9.17) is 13.9 Å². The first-order valence-corrected chi connectivity index (χ1v) is 8.30. The summed E-state index contributed by atoms with van der Waals surface area (Å²) in [6.45, 7) is 3.43. The van der Waals surface area contributed by atoms with Crippen LogP contribution in [0.25, 0.3) is 11.6 Å². The normalized spacial score (nSPS) is 11.7. The molecule has 0 aliphatic heterocycles. The fourth-order valence-corrected chi connectivity index (χ4v) is 2.07. The molecular formula is C16H26N6O3. The molecule has 9 heteroatoms. The number of aromatic amines is 1. The molecular weight excluding hydrogens is 324 g/mol. The minimum Gasteiger partial charge on any atom is -0.461 e. The molecule has 25 heavy (non-hydrogen) atoms. The number of aromatic nitrogens is 3. The molecule has 0 aliphatic rings. The second-order valence-corrected chi connectivity index (χ2v) is 5.22. The fourth-order valence-electron chi connectivity index (χ4n) is 2.07. The Kier molecular flexibility index (Phi) is 8.50. The van der Waals surface area contributed by atoms with Gasteiger partial charge in [0.05, 0.1) is 19.5 Å². The molecule has 138 valence electrons. The highest BCUT2D eigenvalue weighted by atomic mass is 16.5. The third kappa shape index (κ3) is 6.94. The molecule has 0 spiro atoms. The second kappa shape index (κ2) is 11.2. The number of aliphatic imine (C=N–C) groups is 1. The van der Waals surface area contributed by atoms with Crippen molar-refractivity contribution in [3.05, 3.63) is 24.2 Å². The minimum absolute atomic E-state index is 0.566. The lowest BCUT2D eigenvalue weighted by Gasteiger charge is -2.11. The van der Waals surface area contributed by atoms with Crippen LogP contribution in [0.2, 0.25) is 0 Å². The lowest BCUT2D eigenvalue weighted by atomic mass is 10.4. The van der Waals surface area contributed by atoms with Crippen LogP contribution in [0.3, 0.4) is 0 Å². The van der Waals surface area contributed by atoms with E-state index in [1.54, 1.807) is 20.4 Å². The van der Waals surface area contributed by atoms with Crippen molar-refractivity contribution in [3.63, 3.8) is 0 Å². The predicted octanol–water partition coefficient (Wildman–Crippen LogP) is 0.825. The fraction of sp³-hybridized carbons (Fsp3) is 0.562. The third-order valence-electron chi connectivity index (χ3n) is 3.34. The Labute approximate surface area is 147 Å². The maximum absolute atomic E-state index is 5.41. The molecule has 9 nitrogen and oxygen atoms in total. The van der Waals surface area contributed by atoms with Crippen LogP contribution in [-0.2, 0) is 15.9 Å². The summed E-state index contributed by atoms with van der Waals surface area (Å²) in [5.41, 5.74) is 0. The van der Waals surface area contributed by atoms with Crippen LogP contribution in [0.5, 0.6) is 0 Å². The van der Waals surface area contributed by atoms with Gasteiger partial charge in [0.2, 0.25) is 5.82 Å². The summed E-state index contributed by atoms with van der Waals surface area (Å²) in [5, 5.41) is 13.5. The average Bonchev–Trinajstić information content (AvgIpc) is 3.30. The standard InChI is InChI=1S/C16H26N6O3/c1-17-16(18-7-4-9-24-12-11-23-2)19-8-6-14-20-15(22-21-14)13-5-3-10-25-13/h3,5,10H,4,6-9,11-12H2,1-2H3,(H2,17,18,19)(H,20,21,22). The molecule has 0 fully saturated rings. The lowest BCUT2D eigenvalue weighted by molar-refractivity contribution is 0.0698.